The minimum absolute atomic E-state index is 0.0799. The van der Waals surface area contributed by atoms with Crippen LogP contribution in [0.1, 0.15) is 40.3 Å². The van der Waals surface area contributed by atoms with E-state index in [1.54, 1.807) is 0 Å². The van der Waals surface area contributed by atoms with Crippen LogP contribution in [-0.2, 0) is 6.54 Å². The Morgan fingerprint density at radius 2 is 2.05 bits per heavy atom. The van der Waals surface area contributed by atoms with Gasteiger partial charge in [-0.25, -0.2) is 4.98 Å². The highest BCUT2D eigenvalue weighted by molar-refractivity contribution is 5.38. The molecule has 4 heteroatoms. The van der Waals surface area contributed by atoms with Crippen molar-refractivity contribution in [2.45, 2.75) is 52.7 Å². The van der Waals surface area contributed by atoms with E-state index in [2.05, 4.69) is 61.4 Å². The monoisotopic (exact) mass is 262 g/mol. The van der Waals surface area contributed by atoms with Crippen molar-refractivity contribution in [2.75, 3.05) is 11.4 Å². The minimum atomic E-state index is 0.0799. The van der Waals surface area contributed by atoms with Crippen molar-refractivity contribution in [3.05, 3.63) is 30.7 Å². The van der Waals surface area contributed by atoms with Gasteiger partial charge in [0.25, 0.3) is 0 Å². The van der Waals surface area contributed by atoms with Crippen LogP contribution >= 0.6 is 0 Å². The van der Waals surface area contributed by atoms with Gasteiger partial charge in [0.1, 0.15) is 5.82 Å². The summed E-state index contributed by atoms with van der Waals surface area (Å²) in [7, 11) is 0. The van der Waals surface area contributed by atoms with Crippen LogP contribution in [0.25, 0.3) is 0 Å². The van der Waals surface area contributed by atoms with Gasteiger partial charge in [-0.1, -0.05) is 6.08 Å². The van der Waals surface area contributed by atoms with Crippen LogP contribution in [0.5, 0.6) is 0 Å². The van der Waals surface area contributed by atoms with Crippen LogP contribution in [0.15, 0.2) is 25.0 Å². The number of anilines is 1. The van der Waals surface area contributed by atoms with Crippen LogP contribution in [0, 0.1) is 0 Å². The van der Waals surface area contributed by atoms with Gasteiger partial charge in [-0.3, -0.25) is 4.98 Å². The summed E-state index contributed by atoms with van der Waals surface area (Å²) in [4.78, 5) is 11.1. The smallest absolute Gasteiger partial charge is 0.147 e. The van der Waals surface area contributed by atoms with Gasteiger partial charge in [0, 0.05) is 30.9 Å². The first-order valence-electron chi connectivity index (χ1n) is 6.77. The van der Waals surface area contributed by atoms with Gasteiger partial charge < -0.3 is 10.2 Å². The summed E-state index contributed by atoms with van der Waals surface area (Å²) in [6.07, 6.45) is 5.51. The van der Waals surface area contributed by atoms with Crippen molar-refractivity contribution >= 4 is 5.82 Å². The molecule has 0 bridgehead atoms. The molecule has 4 nitrogen and oxygen atoms in total. The predicted octanol–water partition coefficient (Wildman–Crippen LogP) is 2.77. The highest BCUT2D eigenvalue weighted by Gasteiger charge is 2.13. The van der Waals surface area contributed by atoms with Crippen LogP contribution in [-0.4, -0.2) is 28.1 Å². The summed E-state index contributed by atoms with van der Waals surface area (Å²) in [5.74, 6) is 0.906. The van der Waals surface area contributed by atoms with Crippen molar-refractivity contribution in [3.8, 4) is 0 Å². The lowest BCUT2D eigenvalue weighted by Gasteiger charge is -2.26. The zero-order chi connectivity index (χ0) is 14.5. The van der Waals surface area contributed by atoms with Crippen LogP contribution in [0.3, 0.4) is 0 Å². The molecule has 1 N–H and O–H groups in total. The third-order valence-corrected chi connectivity index (χ3v) is 2.71. The second kappa shape index (κ2) is 6.66. The number of nitrogens with one attached hydrogen (secondary N) is 1. The molecule has 1 heterocycles. The van der Waals surface area contributed by atoms with Gasteiger partial charge >= 0.3 is 0 Å². The van der Waals surface area contributed by atoms with Crippen LogP contribution < -0.4 is 10.2 Å². The van der Waals surface area contributed by atoms with E-state index < -0.39 is 0 Å². The van der Waals surface area contributed by atoms with Gasteiger partial charge in [0.2, 0.25) is 0 Å². The van der Waals surface area contributed by atoms with E-state index >= 15 is 0 Å². The van der Waals surface area contributed by atoms with E-state index in [0.29, 0.717) is 6.04 Å². The van der Waals surface area contributed by atoms with E-state index in [0.717, 1.165) is 24.6 Å². The molecular formula is C15H26N4. The maximum atomic E-state index is 4.67. The normalized spacial score (nSPS) is 11.7. The lowest BCUT2D eigenvalue weighted by atomic mass is 10.1. The lowest BCUT2D eigenvalue weighted by molar-refractivity contribution is 0.421. The number of hydrogen-bond acceptors (Lipinski definition) is 4. The zero-order valence-electron chi connectivity index (χ0n) is 12.8. The van der Waals surface area contributed by atoms with Crippen LogP contribution in [0.4, 0.5) is 5.82 Å². The molecule has 0 aromatic carbocycles. The summed E-state index contributed by atoms with van der Waals surface area (Å²) < 4.78 is 0. The molecule has 1 rings (SSSR count). The average molecular weight is 262 g/mol. The molecule has 0 atom stereocenters. The zero-order valence-corrected chi connectivity index (χ0v) is 12.8. The Hall–Kier alpha value is -1.42. The minimum Gasteiger partial charge on any atom is -0.349 e. The van der Waals surface area contributed by atoms with Crippen molar-refractivity contribution in [1.29, 1.82) is 0 Å². The molecule has 0 amide bonds. The van der Waals surface area contributed by atoms with E-state index in [-0.39, 0.29) is 5.54 Å². The molecule has 0 radical (unpaired) electrons. The molecule has 106 valence electrons. The second-order valence-electron chi connectivity index (χ2n) is 6.01. The SMILES string of the molecule is C=CCN(c1cncc(CNC(C)(C)C)n1)C(C)C. The van der Waals surface area contributed by atoms with Gasteiger partial charge in [-0.15, -0.1) is 6.58 Å². The number of rotatable bonds is 6. The van der Waals surface area contributed by atoms with E-state index in [1.807, 2.05) is 18.5 Å². The van der Waals surface area contributed by atoms with Crippen molar-refractivity contribution < 1.29 is 0 Å². The van der Waals surface area contributed by atoms with Crippen LogP contribution in [0.2, 0.25) is 0 Å². The Labute approximate surface area is 117 Å². The Bertz CT molecular complexity index is 407. The first-order valence-corrected chi connectivity index (χ1v) is 6.77. The van der Waals surface area contributed by atoms with E-state index in [9.17, 15) is 0 Å². The second-order valence-corrected chi connectivity index (χ2v) is 6.01. The Kier molecular flexibility index (Phi) is 5.48. The maximum absolute atomic E-state index is 4.67. The summed E-state index contributed by atoms with van der Waals surface area (Å²) in [5, 5.41) is 3.42. The standard InChI is InChI=1S/C15H26N4/c1-7-8-19(12(2)3)14-11-16-9-13(18-14)10-17-15(4,5)6/h7,9,11-12,17H,1,8,10H2,2-6H3. The molecule has 0 aliphatic carbocycles. The summed E-state index contributed by atoms with van der Waals surface area (Å²) in [6.45, 7) is 16.0. The molecule has 0 fully saturated rings. The Morgan fingerprint density at radius 1 is 1.37 bits per heavy atom. The molecule has 0 aliphatic heterocycles. The molecular weight excluding hydrogens is 236 g/mol. The first kappa shape index (κ1) is 15.6. The Balaban J connectivity index is 2.83. The fourth-order valence-corrected chi connectivity index (χ4v) is 1.68. The quantitative estimate of drug-likeness (QED) is 0.800. The maximum Gasteiger partial charge on any atom is 0.147 e. The predicted molar refractivity (Wildman–Crippen MR) is 81.3 cm³/mol. The summed E-state index contributed by atoms with van der Waals surface area (Å²) in [6, 6.07) is 0.373. The lowest BCUT2D eigenvalue weighted by Crippen LogP contribution is -2.36. The van der Waals surface area contributed by atoms with Gasteiger partial charge in [-0.2, -0.15) is 0 Å². The highest BCUT2D eigenvalue weighted by atomic mass is 15.2. The van der Waals surface area contributed by atoms with Gasteiger partial charge in [0.05, 0.1) is 11.9 Å². The molecule has 0 unspecified atom stereocenters. The average Bonchev–Trinajstić information content (AvgIpc) is 2.32. The van der Waals surface area contributed by atoms with E-state index in [4.69, 9.17) is 0 Å². The number of hydrogen-bond donors (Lipinski definition) is 1. The molecule has 0 saturated heterocycles. The van der Waals surface area contributed by atoms with Crippen molar-refractivity contribution in [1.82, 2.24) is 15.3 Å². The molecule has 0 saturated carbocycles. The number of nitrogens with zero attached hydrogens (tertiary/aromatic N) is 3. The molecule has 1 aromatic heterocycles. The molecule has 1 aromatic rings. The third-order valence-electron chi connectivity index (χ3n) is 2.71. The van der Waals surface area contributed by atoms with Gasteiger partial charge in [-0.05, 0) is 34.6 Å². The Morgan fingerprint density at radius 3 is 2.58 bits per heavy atom. The summed E-state index contributed by atoms with van der Waals surface area (Å²) >= 11 is 0. The molecule has 0 spiro atoms. The largest absolute Gasteiger partial charge is 0.349 e. The topological polar surface area (TPSA) is 41.1 Å². The number of aromatic nitrogens is 2. The van der Waals surface area contributed by atoms with Gasteiger partial charge in [0.15, 0.2) is 0 Å². The fourth-order valence-electron chi connectivity index (χ4n) is 1.68. The van der Waals surface area contributed by atoms with Crippen molar-refractivity contribution in [2.24, 2.45) is 0 Å². The molecule has 0 aliphatic rings. The highest BCUT2D eigenvalue weighted by Crippen LogP contribution is 2.13. The van der Waals surface area contributed by atoms with Crippen molar-refractivity contribution in [3.63, 3.8) is 0 Å². The molecule has 19 heavy (non-hydrogen) atoms. The third kappa shape index (κ3) is 5.39. The summed E-state index contributed by atoms with van der Waals surface area (Å²) in [5.41, 5.74) is 1.04. The fraction of sp³-hybridized carbons (Fsp3) is 0.600. The first-order chi connectivity index (χ1) is 8.83. The van der Waals surface area contributed by atoms with E-state index in [1.165, 1.54) is 0 Å².